The van der Waals surface area contributed by atoms with Gasteiger partial charge >= 0.3 is 6.18 Å². The smallest absolute Gasteiger partial charge is 0.274 e. The average molecular weight is 297 g/mol. The lowest BCUT2D eigenvalue weighted by atomic mass is 9.81. The van der Waals surface area contributed by atoms with Crippen LogP contribution in [0.3, 0.4) is 0 Å². The van der Waals surface area contributed by atoms with Crippen LogP contribution in [0, 0.1) is 11.8 Å². The number of fused-ring (bicyclic) bond motifs is 1. The standard InChI is InChI=1S/C15H14F3NO2/c16-15(17,18)9-4-3-5-10(8-9)19-13(20)11-6-1-2-7-12(11)14(19)21/h3-5,8,11-12H,1-2,6-7H2/t11-,12-/m0/s1. The molecule has 0 unspecified atom stereocenters. The number of hydrogen-bond acceptors (Lipinski definition) is 2. The molecule has 112 valence electrons. The van der Waals surface area contributed by atoms with Crippen molar-refractivity contribution in [3.63, 3.8) is 0 Å². The van der Waals surface area contributed by atoms with Crippen LogP contribution in [0.1, 0.15) is 31.2 Å². The van der Waals surface area contributed by atoms with Gasteiger partial charge in [-0.3, -0.25) is 14.5 Å². The number of alkyl halides is 3. The van der Waals surface area contributed by atoms with Crippen molar-refractivity contribution >= 4 is 17.5 Å². The summed E-state index contributed by atoms with van der Waals surface area (Å²) >= 11 is 0. The van der Waals surface area contributed by atoms with Crippen molar-refractivity contribution in [2.45, 2.75) is 31.9 Å². The number of nitrogens with zero attached hydrogens (tertiary/aromatic N) is 1. The minimum atomic E-state index is -4.49. The summed E-state index contributed by atoms with van der Waals surface area (Å²) in [5.41, 5.74) is -0.829. The molecule has 1 aliphatic heterocycles. The molecule has 1 saturated heterocycles. The fraction of sp³-hybridized carbons (Fsp3) is 0.467. The van der Waals surface area contributed by atoms with E-state index in [2.05, 4.69) is 0 Å². The molecule has 2 atom stereocenters. The van der Waals surface area contributed by atoms with Crippen molar-refractivity contribution in [3.8, 4) is 0 Å². The highest BCUT2D eigenvalue weighted by molar-refractivity contribution is 6.22. The van der Waals surface area contributed by atoms with Gasteiger partial charge in [0.15, 0.2) is 0 Å². The first-order chi connectivity index (χ1) is 9.89. The van der Waals surface area contributed by atoms with E-state index in [-0.39, 0.29) is 29.3 Å². The Labute approximate surface area is 119 Å². The molecule has 21 heavy (non-hydrogen) atoms. The average Bonchev–Trinajstić information content (AvgIpc) is 2.71. The fourth-order valence-electron chi connectivity index (χ4n) is 3.24. The second-order valence-electron chi connectivity index (χ2n) is 5.56. The lowest BCUT2D eigenvalue weighted by molar-refractivity contribution is -0.137. The predicted octanol–water partition coefficient (Wildman–Crippen LogP) is 3.39. The maximum Gasteiger partial charge on any atom is 0.416 e. The molecule has 3 rings (SSSR count). The molecule has 0 radical (unpaired) electrons. The van der Waals surface area contributed by atoms with E-state index in [1.165, 1.54) is 12.1 Å². The van der Waals surface area contributed by atoms with Crippen molar-refractivity contribution in [1.29, 1.82) is 0 Å². The first kappa shape index (κ1) is 14.1. The number of anilines is 1. The molecule has 2 fully saturated rings. The Bertz CT molecular complexity index is 573. The monoisotopic (exact) mass is 297 g/mol. The molecule has 1 aliphatic carbocycles. The maximum absolute atomic E-state index is 12.8. The van der Waals surface area contributed by atoms with Gasteiger partial charge < -0.3 is 0 Å². The first-order valence-corrected chi connectivity index (χ1v) is 6.94. The van der Waals surface area contributed by atoms with Gasteiger partial charge in [0.1, 0.15) is 0 Å². The predicted molar refractivity (Wildman–Crippen MR) is 69.4 cm³/mol. The van der Waals surface area contributed by atoms with Crippen LogP contribution in [0.2, 0.25) is 0 Å². The third-order valence-corrected chi connectivity index (χ3v) is 4.27. The van der Waals surface area contributed by atoms with Gasteiger partial charge in [-0.25, -0.2) is 0 Å². The molecule has 3 nitrogen and oxygen atoms in total. The van der Waals surface area contributed by atoms with Gasteiger partial charge in [0.05, 0.1) is 23.1 Å². The van der Waals surface area contributed by atoms with Crippen LogP contribution in [-0.4, -0.2) is 11.8 Å². The highest BCUT2D eigenvalue weighted by atomic mass is 19.4. The molecule has 6 heteroatoms. The number of carbonyl (C=O) groups is 2. The molecule has 1 aromatic rings. The van der Waals surface area contributed by atoms with Crippen LogP contribution in [0.5, 0.6) is 0 Å². The van der Waals surface area contributed by atoms with E-state index in [1.54, 1.807) is 0 Å². The zero-order chi connectivity index (χ0) is 15.2. The number of carbonyl (C=O) groups excluding carboxylic acids is 2. The van der Waals surface area contributed by atoms with Gasteiger partial charge in [0.25, 0.3) is 0 Å². The molecule has 2 aliphatic rings. The number of imide groups is 1. The third kappa shape index (κ3) is 2.32. The molecular formula is C15H14F3NO2. The Morgan fingerprint density at radius 1 is 1.00 bits per heavy atom. The van der Waals surface area contributed by atoms with Crippen LogP contribution in [-0.2, 0) is 15.8 Å². The largest absolute Gasteiger partial charge is 0.416 e. The van der Waals surface area contributed by atoms with E-state index in [1.807, 2.05) is 0 Å². The molecule has 0 spiro atoms. The molecule has 0 aromatic heterocycles. The summed E-state index contributed by atoms with van der Waals surface area (Å²) in [5, 5.41) is 0. The van der Waals surface area contributed by atoms with Crippen LogP contribution in [0.15, 0.2) is 24.3 Å². The summed E-state index contributed by atoms with van der Waals surface area (Å²) in [5.74, 6) is -1.44. The minimum Gasteiger partial charge on any atom is -0.274 e. The van der Waals surface area contributed by atoms with Gasteiger partial charge in [-0.1, -0.05) is 18.9 Å². The van der Waals surface area contributed by atoms with Crippen molar-refractivity contribution in [1.82, 2.24) is 0 Å². The Hall–Kier alpha value is -1.85. The Kier molecular flexibility index (Phi) is 3.26. The number of rotatable bonds is 1. The highest BCUT2D eigenvalue weighted by Crippen LogP contribution is 2.41. The summed E-state index contributed by atoms with van der Waals surface area (Å²) in [7, 11) is 0. The van der Waals surface area contributed by atoms with E-state index in [0.29, 0.717) is 12.8 Å². The van der Waals surface area contributed by atoms with Crippen LogP contribution in [0.4, 0.5) is 18.9 Å². The second kappa shape index (κ2) is 4.86. The molecule has 1 saturated carbocycles. The SMILES string of the molecule is O=C1[C@H]2CCCC[C@@H]2C(=O)N1c1cccc(C(F)(F)F)c1. The number of halogens is 3. The second-order valence-corrected chi connectivity index (χ2v) is 5.56. The van der Waals surface area contributed by atoms with Gasteiger partial charge in [-0.15, -0.1) is 0 Å². The molecule has 1 aromatic carbocycles. The third-order valence-electron chi connectivity index (χ3n) is 4.27. The molecule has 0 N–H and O–H groups in total. The maximum atomic E-state index is 12.8. The molecular weight excluding hydrogens is 283 g/mol. The summed E-state index contributed by atoms with van der Waals surface area (Å²) in [6.45, 7) is 0. The molecule has 1 heterocycles. The van der Waals surface area contributed by atoms with E-state index in [9.17, 15) is 22.8 Å². The summed E-state index contributed by atoms with van der Waals surface area (Å²) in [6, 6.07) is 4.40. The zero-order valence-corrected chi connectivity index (χ0v) is 11.2. The highest BCUT2D eigenvalue weighted by Gasteiger charge is 2.49. The molecule has 2 amide bonds. The normalized spacial score (nSPS) is 26.1. The lowest BCUT2D eigenvalue weighted by Crippen LogP contribution is -2.31. The van der Waals surface area contributed by atoms with Gasteiger partial charge in [0.2, 0.25) is 11.8 Å². The van der Waals surface area contributed by atoms with Crippen LogP contribution >= 0.6 is 0 Å². The van der Waals surface area contributed by atoms with E-state index in [4.69, 9.17) is 0 Å². The van der Waals surface area contributed by atoms with Crippen molar-refractivity contribution < 1.29 is 22.8 Å². The zero-order valence-electron chi connectivity index (χ0n) is 11.2. The molecule has 0 bridgehead atoms. The van der Waals surface area contributed by atoms with Crippen molar-refractivity contribution in [3.05, 3.63) is 29.8 Å². The minimum absolute atomic E-state index is 0.0224. The number of hydrogen-bond donors (Lipinski definition) is 0. The lowest BCUT2D eigenvalue weighted by Gasteiger charge is -2.19. The van der Waals surface area contributed by atoms with Crippen LogP contribution in [0.25, 0.3) is 0 Å². The summed E-state index contributed by atoms with van der Waals surface area (Å²) in [4.78, 5) is 25.6. The van der Waals surface area contributed by atoms with E-state index >= 15 is 0 Å². The van der Waals surface area contributed by atoms with E-state index < -0.39 is 11.7 Å². The summed E-state index contributed by atoms with van der Waals surface area (Å²) in [6.07, 6.45) is -1.43. The van der Waals surface area contributed by atoms with Crippen LogP contribution < -0.4 is 4.90 Å². The van der Waals surface area contributed by atoms with Crippen molar-refractivity contribution in [2.24, 2.45) is 11.8 Å². The van der Waals surface area contributed by atoms with E-state index in [0.717, 1.165) is 29.9 Å². The Balaban J connectivity index is 1.97. The van der Waals surface area contributed by atoms with Gasteiger partial charge in [0, 0.05) is 0 Å². The van der Waals surface area contributed by atoms with Crippen molar-refractivity contribution in [2.75, 3.05) is 4.90 Å². The fourth-order valence-corrected chi connectivity index (χ4v) is 3.24. The Morgan fingerprint density at radius 3 is 2.10 bits per heavy atom. The van der Waals surface area contributed by atoms with Gasteiger partial charge in [-0.2, -0.15) is 13.2 Å². The van der Waals surface area contributed by atoms with Gasteiger partial charge in [-0.05, 0) is 31.0 Å². The first-order valence-electron chi connectivity index (χ1n) is 6.94. The Morgan fingerprint density at radius 2 is 1.57 bits per heavy atom. The quantitative estimate of drug-likeness (QED) is 0.745. The summed E-state index contributed by atoms with van der Waals surface area (Å²) < 4.78 is 38.3. The topological polar surface area (TPSA) is 37.4 Å². The number of amides is 2. The number of benzene rings is 1.